The Morgan fingerprint density at radius 2 is 2.03 bits per heavy atom. The Labute approximate surface area is 182 Å². The lowest BCUT2D eigenvalue weighted by atomic mass is 9.73. The Morgan fingerprint density at radius 1 is 1.33 bits per heavy atom. The SMILES string of the molecule is CCC/C(C)=C1/CC2C(=CC(C(=O)N(C)C(C)C)CN2C)c2ccc(OC)c(C)c21. The average molecular weight is 411 g/mol. The van der Waals surface area contributed by atoms with Gasteiger partial charge in [-0.3, -0.25) is 9.69 Å². The molecule has 1 aliphatic carbocycles. The number of amides is 1. The van der Waals surface area contributed by atoms with Gasteiger partial charge in [-0.1, -0.05) is 31.1 Å². The monoisotopic (exact) mass is 410 g/mol. The summed E-state index contributed by atoms with van der Waals surface area (Å²) in [6.07, 6.45) is 5.51. The fourth-order valence-electron chi connectivity index (χ4n) is 5.01. The van der Waals surface area contributed by atoms with Crippen molar-refractivity contribution in [3.05, 3.63) is 40.5 Å². The first kappa shape index (κ1) is 22.6. The summed E-state index contributed by atoms with van der Waals surface area (Å²) in [5.74, 6) is 1.04. The van der Waals surface area contributed by atoms with Crippen molar-refractivity contribution in [1.29, 1.82) is 0 Å². The smallest absolute Gasteiger partial charge is 0.230 e. The quantitative estimate of drug-likeness (QED) is 0.672. The van der Waals surface area contributed by atoms with Crippen LogP contribution < -0.4 is 4.74 Å². The number of hydrogen-bond donors (Lipinski definition) is 0. The van der Waals surface area contributed by atoms with Crippen molar-refractivity contribution < 1.29 is 9.53 Å². The highest BCUT2D eigenvalue weighted by Crippen LogP contribution is 2.47. The maximum Gasteiger partial charge on any atom is 0.230 e. The number of hydrogen-bond acceptors (Lipinski definition) is 3. The molecule has 2 atom stereocenters. The van der Waals surface area contributed by atoms with E-state index in [1.165, 1.54) is 33.4 Å². The first-order chi connectivity index (χ1) is 14.2. The molecule has 0 saturated carbocycles. The van der Waals surface area contributed by atoms with E-state index in [1.54, 1.807) is 7.11 Å². The Kier molecular flexibility index (Phi) is 6.76. The number of nitrogens with zero attached hydrogens (tertiary/aromatic N) is 2. The van der Waals surface area contributed by atoms with Gasteiger partial charge in [-0.25, -0.2) is 0 Å². The molecule has 30 heavy (non-hydrogen) atoms. The predicted molar refractivity (Wildman–Crippen MR) is 126 cm³/mol. The summed E-state index contributed by atoms with van der Waals surface area (Å²) < 4.78 is 5.66. The average Bonchev–Trinajstić information content (AvgIpc) is 2.72. The first-order valence-electron chi connectivity index (χ1n) is 11.3. The molecule has 1 heterocycles. The highest BCUT2D eigenvalue weighted by Gasteiger charge is 2.38. The molecule has 3 rings (SSSR count). The number of benzene rings is 1. The first-order valence-corrected chi connectivity index (χ1v) is 11.3. The van der Waals surface area contributed by atoms with E-state index in [0.717, 1.165) is 31.6 Å². The molecule has 0 radical (unpaired) electrons. The Morgan fingerprint density at radius 3 is 2.63 bits per heavy atom. The van der Waals surface area contributed by atoms with Gasteiger partial charge >= 0.3 is 0 Å². The van der Waals surface area contributed by atoms with Crippen LogP contribution in [0.4, 0.5) is 0 Å². The lowest BCUT2D eigenvalue weighted by Crippen LogP contribution is -2.47. The van der Waals surface area contributed by atoms with Gasteiger partial charge in [0.25, 0.3) is 0 Å². The summed E-state index contributed by atoms with van der Waals surface area (Å²) in [7, 11) is 5.82. The third-order valence-corrected chi connectivity index (χ3v) is 6.98. The molecule has 0 aromatic heterocycles. The second kappa shape index (κ2) is 8.97. The van der Waals surface area contributed by atoms with Crippen LogP contribution in [0, 0.1) is 12.8 Å². The summed E-state index contributed by atoms with van der Waals surface area (Å²) in [4.78, 5) is 17.4. The molecule has 2 unspecified atom stereocenters. The zero-order chi connectivity index (χ0) is 22.2. The minimum absolute atomic E-state index is 0.105. The van der Waals surface area contributed by atoms with Gasteiger partial charge in [-0.05, 0) is 81.5 Å². The minimum atomic E-state index is -0.105. The Bertz CT molecular complexity index is 881. The maximum atomic E-state index is 13.1. The number of rotatable bonds is 5. The van der Waals surface area contributed by atoms with E-state index in [9.17, 15) is 4.79 Å². The molecule has 1 aliphatic heterocycles. The molecule has 4 heteroatoms. The maximum absolute atomic E-state index is 13.1. The third-order valence-electron chi connectivity index (χ3n) is 6.98. The lowest BCUT2D eigenvalue weighted by Gasteiger charge is -2.43. The minimum Gasteiger partial charge on any atom is -0.496 e. The number of allylic oxidation sites excluding steroid dienone is 1. The molecule has 0 bridgehead atoms. The Hall–Kier alpha value is -2.07. The van der Waals surface area contributed by atoms with Crippen LogP contribution in [-0.2, 0) is 4.79 Å². The lowest BCUT2D eigenvalue weighted by molar-refractivity contribution is -0.134. The molecule has 0 N–H and O–H groups in total. The van der Waals surface area contributed by atoms with Crippen LogP contribution in [0.2, 0.25) is 0 Å². The van der Waals surface area contributed by atoms with Crippen molar-refractivity contribution in [2.24, 2.45) is 5.92 Å². The van der Waals surface area contributed by atoms with E-state index in [4.69, 9.17) is 4.74 Å². The molecule has 1 amide bonds. The fourth-order valence-corrected chi connectivity index (χ4v) is 5.01. The number of fused-ring (bicyclic) bond motifs is 3. The molecule has 0 saturated heterocycles. The van der Waals surface area contributed by atoms with E-state index >= 15 is 0 Å². The van der Waals surface area contributed by atoms with E-state index in [0.29, 0.717) is 6.04 Å². The third kappa shape index (κ3) is 3.94. The predicted octanol–water partition coefficient (Wildman–Crippen LogP) is 5.16. The van der Waals surface area contributed by atoms with Crippen LogP contribution in [0.3, 0.4) is 0 Å². The Balaban J connectivity index is 2.17. The van der Waals surface area contributed by atoms with Crippen LogP contribution in [-0.4, -0.2) is 55.5 Å². The van der Waals surface area contributed by atoms with E-state index in [1.807, 2.05) is 11.9 Å². The second-order valence-electron chi connectivity index (χ2n) is 9.26. The van der Waals surface area contributed by atoms with Crippen molar-refractivity contribution in [3.63, 3.8) is 0 Å². The normalized spacial score (nSPS) is 22.9. The van der Waals surface area contributed by atoms with E-state index in [2.05, 4.69) is 64.8 Å². The van der Waals surface area contributed by atoms with Gasteiger partial charge in [-0.15, -0.1) is 0 Å². The largest absolute Gasteiger partial charge is 0.496 e. The van der Waals surface area contributed by atoms with Crippen molar-refractivity contribution in [2.45, 2.75) is 66.0 Å². The molecule has 1 aromatic rings. The van der Waals surface area contributed by atoms with Crippen LogP contribution in [0.25, 0.3) is 11.1 Å². The second-order valence-corrected chi connectivity index (χ2v) is 9.26. The van der Waals surface area contributed by atoms with Gasteiger partial charge in [0, 0.05) is 25.7 Å². The molecule has 164 valence electrons. The fraction of sp³-hybridized carbons (Fsp3) is 0.577. The highest BCUT2D eigenvalue weighted by atomic mass is 16.5. The number of carbonyl (C=O) groups excluding carboxylic acids is 1. The molecular formula is C26H38N2O2. The van der Waals surface area contributed by atoms with E-state index < -0.39 is 0 Å². The van der Waals surface area contributed by atoms with Gasteiger partial charge in [0.1, 0.15) is 5.75 Å². The number of ether oxygens (including phenoxy) is 1. The molecular weight excluding hydrogens is 372 g/mol. The standard InChI is InChI=1S/C26H38N2O2/c1-9-10-17(4)21-14-23-22(20-11-12-24(30-8)18(5)25(20)21)13-19(15-27(23)6)26(29)28(7)16(2)3/h11-13,16,19,23H,9-10,14-15H2,1-8H3/b21-17-. The van der Waals surface area contributed by atoms with Crippen LogP contribution in [0.5, 0.6) is 5.75 Å². The van der Waals surface area contributed by atoms with Crippen molar-refractivity contribution in [1.82, 2.24) is 9.80 Å². The zero-order valence-corrected chi connectivity index (χ0v) is 20.0. The number of methoxy groups -OCH3 is 1. The van der Waals surface area contributed by atoms with E-state index in [-0.39, 0.29) is 17.9 Å². The van der Waals surface area contributed by atoms with Gasteiger partial charge in [0.15, 0.2) is 0 Å². The highest BCUT2D eigenvalue weighted by molar-refractivity contribution is 5.93. The zero-order valence-electron chi connectivity index (χ0n) is 20.0. The summed E-state index contributed by atoms with van der Waals surface area (Å²) in [6.45, 7) is 11.6. The van der Waals surface area contributed by atoms with Gasteiger partial charge in [0.2, 0.25) is 5.91 Å². The van der Waals surface area contributed by atoms with Gasteiger partial charge in [-0.2, -0.15) is 0 Å². The van der Waals surface area contributed by atoms with Crippen molar-refractivity contribution >= 4 is 17.1 Å². The van der Waals surface area contributed by atoms with Crippen LogP contribution in [0.1, 0.15) is 63.6 Å². The van der Waals surface area contributed by atoms with Gasteiger partial charge in [0.05, 0.1) is 13.0 Å². The molecule has 0 fully saturated rings. The molecule has 0 spiro atoms. The number of likely N-dealkylation sites (N-methyl/N-ethyl adjacent to an activating group) is 1. The van der Waals surface area contributed by atoms with Crippen LogP contribution >= 0.6 is 0 Å². The topological polar surface area (TPSA) is 32.8 Å². The van der Waals surface area contributed by atoms with Crippen molar-refractivity contribution in [3.8, 4) is 5.75 Å². The number of carbonyl (C=O) groups is 1. The summed E-state index contributed by atoms with van der Waals surface area (Å²) in [6, 6.07) is 4.80. The van der Waals surface area contributed by atoms with Crippen molar-refractivity contribution in [2.75, 3.05) is 27.7 Å². The summed E-state index contributed by atoms with van der Waals surface area (Å²) >= 11 is 0. The van der Waals surface area contributed by atoms with Gasteiger partial charge < -0.3 is 9.64 Å². The molecule has 1 aromatic carbocycles. The molecule has 4 nitrogen and oxygen atoms in total. The summed E-state index contributed by atoms with van der Waals surface area (Å²) in [5.41, 5.74) is 8.03. The molecule has 2 aliphatic rings. The van der Waals surface area contributed by atoms with Crippen LogP contribution in [0.15, 0.2) is 23.8 Å². The summed E-state index contributed by atoms with van der Waals surface area (Å²) in [5, 5.41) is 0.